The number of phenols is 2. The number of nitrogens with one attached hydrogen (secondary N) is 1. The first-order chi connectivity index (χ1) is 13.6. The Balaban J connectivity index is 1.79. The zero-order valence-electron chi connectivity index (χ0n) is 14.6. The van der Waals surface area contributed by atoms with E-state index in [0.717, 1.165) is 0 Å². The summed E-state index contributed by atoms with van der Waals surface area (Å²) in [5, 5.41) is 23.8. The molecule has 0 bridgehead atoms. The van der Waals surface area contributed by atoms with Crippen molar-refractivity contribution >= 4 is 23.1 Å². The number of aromatic hydroxyl groups is 2. The Hall–Kier alpha value is -4.13. The quantitative estimate of drug-likeness (QED) is 0.377. The molecule has 0 radical (unpaired) electrons. The molecule has 0 aliphatic carbocycles. The van der Waals surface area contributed by atoms with Crippen molar-refractivity contribution in [1.82, 2.24) is 9.55 Å². The molecule has 0 aliphatic rings. The van der Waals surface area contributed by atoms with Crippen molar-refractivity contribution in [2.24, 2.45) is 5.10 Å². The van der Waals surface area contributed by atoms with E-state index in [1.54, 1.807) is 30.3 Å². The summed E-state index contributed by atoms with van der Waals surface area (Å²) < 4.78 is 1.44. The molecule has 4 rings (SSSR count). The minimum absolute atomic E-state index is 0.0447. The van der Waals surface area contributed by atoms with Crippen molar-refractivity contribution in [1.29, 1.82) is 0 Å². The van der Waals surface area contributed by atoms with Crippen molar-refractivity contribution in [2.45, 2.75) is 0 Å². The standard InChI is InChI=1S/C21H16N4O3/c26-16-11-10-14(19(27)12-16)13-22-24-21-23-18-9-5-4-8-17(18)20(28)25(21)15-6-2-1-3-7-15/h1-13,26-27H,(H,23,24)/b22-13+. The van der Waals surface area contributed by atoms with Gasteiger partial charge in [-0.15, -0.1) is 0 Å². The van der Waals surface area contributed by atoms with Gasteiger partial charge in [0, 0.05) is 11.6 Å². The lowest BCUT2D eigenvalue weighted by Crippen LogP contribution is -2.22. The van der Waals surface area contributed by atoms with Crippen LogP contribution < -0.4 is 11.0 Å². The number of hydrazone groups is 1. The fourth-order valence-corrected chi connectivity index (χ4v) is 2.83. The fraction of sp³-hybridized carbons (Fsp3) is 0. The molecule has 1 aromatic heterocycles. The maximum atomic E-state index is 13.0. The van der Waals surface area contributed by atoms with Crippen LogP contribution in [0.15, 0.2) is 82.7 Å². The largest absolute Gasteiger partial charge is 0.508 e. The Morgan fingerprint density at radius 3 is 2.50 bits per heavy atom. The molecule has 0 saturated heterocycles. The molecule has 0 amide bonds. The minimum atomic E-state index is -0.220. The molecule has 0 aliphatic heterocycles. The number of para-hydroxylation sites is 2. The molecule has 7 nitrogen and oxygen atoms in total. The Bertz CT molecular complexity index is 1230. The lowest BCUT2D eigenvalue weighted by Gasteiger charge is -2.12. The predicted molar refractivity (Wildman–Crippen MR) is 108 cm³/mol. The van der Waals surface area contributed by atoms with Gasteiger partial charge in [-0.3, -0.25) is 4.79 Å². The second-order valence-corrected chi connectivity index (χ2v) is 6.04. The highest BCUT2D eigenvalue weighted by molar-refractivity contribution is 5.84. The number of fused-ring (bicyclic) bond motifs is 1. The predicted octanol–water partition coefficient (Wildman–Crippen LogP) is 3.24. The van der Waals surface area contributed by atoms with Gasteiger partial charge in [0.2, 0.25) is 5.95 Å². The topological polar surface area (TPSA) is 99.7 Å². The van der Waals surface area contributed by atoms with Gasteiger partial charge in [-0.1, -0.05) is 30.3 Å². The van der Waals surface area contributed by atoms with Crippen LogP contribution in [0.3, 0.4) is 0 Å². The number of nitrogens with zero attached hydrogens (tertiary/aromatic N) is 3. The van der Waals surface area contributed by atoms with E-state index >= 15 is 0 Å². The van der Waals surface area contributed by atoms with Crippen LogP contribution in [0.4, 0.5) is 5.95 Å². The summed E-state index contributed by atoms with van der Waals surface area (Å²) >= 11 is 0. The molecule has 1 heterocycles. The molecule has 138 valence electrons. The van der Waals surface area contributed by atoms with Gasteiger partial charge in [-0.25, -0.2) is 15.0 Å². The van der Waals surface area contributed by atoms with E-state index < -0.39 is 0 Å². The molecule has 3 aromatic carbocycles. The Morgan fingerprint density at radius 2 is 1.71 bits per heavy atom. The fourth-order valence-electron chi connectivity index (χ4n) is 2.83. The third-order valence-electron chi connectivity index (χ3n) is 4.17. The van der Waals surface area contributed by atoms with Crippen molar-refractivity contribution in [3.63, 3.8) is 0 Å². The second-order valence-electron chi connectivity index (χ2n) is 6.04. The van der Waals surface area contributed by atoms with Crippen LogP contribution >= 0.6 is 0 Å². The molecule has 4 aromatic rings. The lowest BCUT2D eigenvalue weighted by molar-refractivity contribution is 0.450. The highest BCUT2D eigenvalue weighted by Gasteiger charge is 2.12. The second kappa shape index (κ2) is 7.24. The molecule has 0 spiro atoms. The van der Waals surface area contributed by atoms with Crippen LogP contribution in [0, 0.1) is 0 Å². The van der Waals surface area contributed by atoms with Gasteiger partial charge < -0.3 is 10.2 Å². The number of benzene rings is 3. The zero-order chi connectivity index (χ0) is 19.5. The average Bonchev–Trinajstić information content (AvgIpc) is 2.70. The maximum Gasteiger partial charge on any atom is 0.267 e. The Labute approximate surface area is 159 Å². The van der Waals surface area contributed by atoms with Crippen molar-refractivity contribution in [3.8, 4) is 17.2 Å². The Morgan fingerprint density at radius 1 is 0.964 bits per heavy atom. The number of hydrogen-bond donors (Lipinski definition) is 3. The molecular weight excluding hydrogens is 356 g/mol. The van der Waals surface area contributed by atoms with Crippen LogP contribution in [0.1, 0.15) is 5.56 Å². The van der Waals surface area contributed by atoms with Gasteiger partial charge in [0.1, 0.15) is 11.5 Å². The molecule has 0 atom stereocenters. The van der Waals surface area contributed by atoms with Gasteiger partial charge >= 0.3 is 0 Å². The third kappa shape index (κ3) is 3.28. The highest BCUT2D eigenvalue weighted by Crippen LogP contribution is 2.21. The number of aromatic nitrogens is 2. The zero-order valence-corrected chi connectivity index (χ0v) is 14.6. The van der Waals surface area contributed by atoms with Crippen LogP contribution in [0.5, 0.6) is 11.5 Å². The van der Waals surface area contributed by atoms with E-state index in [9.17, 15) is 15.0 Å². The molecule has 3 N–H and O–H groups in total. The number of phenolic OH excluding ortho intramolecular Hbond substituents is 2. The number of hydrogen-bond acceptors (Lipinski definition) is 6. The van der Waals surface area contributed by atoms with E-state index in [4.69, 9.17) is 0 Å². The van der Waals surface area contributed by atoms with Gasteiger partial charge in [0.05, 0.1) is 22.8 Å². The Kier molecular flexibility index (Phi) is 4.47. The van der Waals surface area contributed by atoms with Gasteiger partial charge in [0.25, 0.3) is 5.56 Å². The highest BCUT2D eigenvalue weighted by atomic mass is 16.3. The minimum Gasteiger partial charge on any atom is -0.508 e. The molecular formula is C21H16N4O3. The number of rotatable bonds is 4. The SMILES string of the molecule is O=c1c2ccccc2nc(N/N=C/c2ccc(O)cc2O)n1-c1ccccc1. The number of anilines is 1. The van der Waals surface area contributed by atoms with E-state index in [2.05, 4.69) is 15.5 Å². The molecule has 0 fully saturated rings. The maximum absolute atomic E-state index is 13.0. The lowest BCUT2D eigenvalue weighted by atomic mass is 10.2. The van der Waals surface area contributed by atoms with Gasteiger partial charge in [-0.05, 0) is 36.4 Å². The van der Waals surface area contributed by atoms with Gasteiger partial charge in [-0.2, -0.15) is 5.10 Å². The first-order valence-electron chi connectivity index (χ1n) is 8.52. The summed E-state index contributed by atoms with van der Waals surface area (Å²) in [6.07, 6.45) is 1.38. The summed E-state index contributed by atoms with van der Waals surface area (Å²) in [4.78, 5) is 17.6. The van der Waals surface area contributed by atoms with Crippen LogP contribution in [0.25, 0.3) is 16.6 Å². The molecule has 7 heteroatoms. The summed E-state index contributed by atoms with van der Waals surface area (Å²) in [5.74, 6) is 0.0820. The third-order valence-corrected chi connectivity index (χ3v) is 4.17. The molecule has 28 heavy (non-hydrogen) atoms. The molecule has 0 unspecified atom stereocenters. The van der Waals surface area contributed by atoms with Crippen molar-refractivity contribution in [3.05, 3.63) is 88.7 Å². The van der Waals surface area contributed by atoms with Crippen LogP contribution in [-0.4, -0.2) is 26.0 Å². The monoisotopic (exact) mass is 372 g/mol. The van der Waals surface area contributed by atoms with E-state index in [1.165, 1.54) is 29.0 Å². The van der Waals surface area contributed by atoms with E-state index in [0.29, 0.717) is 22.2 Å². The smallest absolute Gasteiger partial charge is 0.267 e. The summed E-state index contributed by atoms with van der Waals surface area (Å²) in [6.45, 7) is 0. The first kappa shape index (κ1) is 17.3. The summed E-state index contributed by atoms with van der Waals surface area (Å²) in [6, 6.07) is 20.4. The summed E-state index contributed by atoms with van der Waals surface area (Å²) in [7, 11) is 0. The normalized spacial score (nSPS) is 11.1. The summed E-state index contributed by atoms with van der Waals surface area (Å²) in [5.41, 5.74) is 4.16. The average molecular weight is 372 g/mol. The van der Waals surface area contributed by atoms with Crippen LogP contribution in [0.2, 0.25) is 0 Å². The van der Waals surface area contributed by atoms with Crippen molar-refractivity contribution in [2.75, 3.05) is 5.43 Å². The van der Waals surface area contributed by atoms with Gasteiger partial charge in [0.15, 0.2) is 0 Å². The van der Waals surface area contributed by atoms with E-state index in [-0.39, 0.29) is 23.0 Å². The first-order valence-corrected chi connectivity index (χ1v) is 8.52. The van der Waals surface area contributed by atoms with Crippen molar-refractivity contribution < 1.29 is 10.2 Å². The van der Waals surface area contributed by atoms with Crippen LogP contribution in [-0.2, 0) is 0 Å². The van der Waals surface area contributed by atoms with E-state index in [1.807, 2.05) is 24.3 Å². The molecule has 0 saturated carbocycles.